The minimum absolute atomic E-state index is 0.423. The van der Waals surface area contributed by atoms with Gasteiger partial charge in [-0.25, -0.2) is 19.2 Å². The molecule has 0 unspecified atom stereocenters. The lowest BCUT2D eigenvalue weighted by Gasteiger charge is -2.41. The molecule has 0 radical (unpaired) electrons. The number of fused-ring (bicyclic) bond motifs is 5. The van der Waals surface area contributed by atoms with Crippen molar-refractivity contribution >= 4 is 23.9 Å². The molecular weight excluding hydrogens is 760 g/mol. The van der Waals surface area contributed by atoms with E-state index in [4.69, 9.17) is 23.7 Å². The van der Waals surface area contributed by atoms with Crippen molar-refractivity contribution in [3.63, 3.8) is 0 Å². The number of hydrogen-bond donors (Lipinski definition) is 13. The van der Waals surface area contributed by atoms with Crippen molar-refractivity contribution in [1.29, 1.82) is 0 Å². The SMILES string of the molecule is O=C(Oc1c(O)cc2c(c1O)-c1c(cc(O)c(O)c1O)C(=O)OC[C@@H]1O[C@@H](OC(=O)c3cc(O)c(O)c(O)c3)[C@H](O)[C@@H](OC2=O)[C@@H]1O)c1cc(O)c(O)c(O)c1. The summed E-state index contributed by atoms with van der Waals surface area (Å²) >= 11 is 0. The number of carbonyl (C=O) groups excluding carboxylic acids is 4. The Balaban J connectivity index is 1.47. The molecule has 5 atom stereocenters. The van der Waals surface area contributed by atoms with Gasteiger partial charge in [-0.05, 0) is 36.4 Å². The van der Waals surface area contributed by atoms with E-state index in [1.807, 2.05) is 0 Å². The highest BCUT2D eigenvalue weighted by Crippen LogP contribution is 2.53. The molecule has 2 heterocycles. The van der Waals surface area contributed by atoms with Gasteiger partial charge in [-0.15, -0.1) is 0 Å². The summed E-state index contributed by atoms with van der Waals surface area (Å²) in [5, 5.41) is 135. The summed E-state index contributed by atoms with van der Waals surface area (Å²) in [7, 11) is 0. The zero-order valence-corrected chi connectivity index (χ0v) is 27.5. The Kier molecular flexibility index (Phi) is 9.55. The molecule has 0 amide bonds. The number of phenolic OH excluding ortho intramolecular Hbond substituents is 11. The number of esters is 4. The topological polar surface area (TPSA) is 377 Å². The predicted molar refractivity (Wildman–Crippen MR) is 174 cm³/mol. The van der Waals surface area contributed by atoms with Gasteiger partial charge in [0.05, 0.1) is 22.3 Å². The minimum Gasteiger partial charge on any atom is -0.504 e. The molecule has 22 nitrogen and oxygen atoms in total. The van der Waals surface area contributed by atoms with Gasteiger partial charge in [0.1, 0.15) is 18.8 Å². The predicted octanol–water partition coefficient (Wildman–Crippen LogP) is 0.334. The maximum atomic E-state index is 13.9. The molecule has 2 aliphatic rings. The van der Waals surface area contributed by atoms with Crippen LogP contribution in [0.15, 0.2) is 36.4 Å². The Labute approximate surface area is 309 Å². The molecule has 0 aliphatic carbocycles. The zero-order valence-electron chi connectivity index (χ0n) is 27.5. The summed E-state index contributed by atoms with van der Waals surface area (Å²) in [6.45, 7) is -1.04. The number of aromatic hydroxyl groups is 11. The van der Waals surface area contributed by atoms with Crippen LogP contribution in [0, 0.1) is 0 Å². The molecule has 13 N–H and O–H groups in total. The second-order valence-corrected chi connectivity index (χ2v) is 12.0. The lowest BCUT2D eigenvalue weighted by molar-refractivity contribution is -0.284. The van der Waals surface area contributed by atoms with Crippen LogP contribution in [0.25, 0.3) is 11.1 Å². The molecule has 1 fully saturated rings. The quantitative estimate of drug-likeness (QED) is 0.0573. The molecule has 6 rings (SSSR count). The average Bonchev–Trinajstić information content (AvgIpc) is 3.14. The molecule has 2 aliphatic heterocycles. The smallest absolute Gasteiger partial charge is 0.344 e. The molecule has 2 bridgehead atoms. The van der Waals surface area contributed by atoms with Gasteiger partial charge in [0.2, 0.25) is 17.8 Å². The largest absolute Gasteiger partial charge is 0.504 e. The average molecular weight is 787 g/mol. The van der Waals surface area contributed by atoms with E-state index in [1.54, 1.807) is 0 Å². The number of aliphatic hydroxyl groups excluding tert-OH is 2. The first-order chi connectivity index (χ1) is 26.3. The molecule has 294 valence electrons. The van der Waals surface area contributed by atoms with E-state index >= 15 is 0 Å². The first-order valence-corrected chi connectivity index (χ1v) is 15.5. The van der Waals surface area contributed by atoms with Crippen LogP contribution in [-0.2, 0) is 18.9 Å². The first kappa shape index (κ1) is 38.2. The number of carbonyl (C=O) groups is 4. The van der Waals surface area contributed by atoms with E-state index < -0.39 is 164 Å². The standard InChI is InChI=1S/C34H26O22/c35-12-1-8(2-13(36)21(12)41)30(48)54-28-17(40)6-11-20(26(28)46)19-10(5-16(39)23(43)25(19)45)32(50)52-7-18-24(44)29(55-33(11)51)27(47)34(53-18)56-31(49)9-3-14(37)22(42)15(38)4-9/h1-6,18,24,27,29,34-47H,7H2/t18-,24+,27+,29-,34-/m0/s1. The Bertz CT molecular complexity index is 2290. The third-order valence-electron chi connectivity index (χ3n) is 8.47. The van der Waals surface area contributed by atoms with Crippen molar-refractivity contribution in [2.24, 2.45) is 0 Å². The number of benzene rings is 4. The monoisotopic (exact) mass is 786 g/mol. The number of rotatable bonds is 4. The number of aliphatic hydroxyl groups is 2. The molecule has 0 aromatic heterocycles. The van der Waals surface area contributed by atoms with E-state index in [0.29, 0.717) is 36.4 Å². The van der Waals surface area contributed by atoms with Gasteiger partial charge >= 0.3 is 23.9 Å². The van der Waals surface area contributed by atoms with Gasteiger partial charge in [-0.2, -0.15) is 0 Å². The molecule has 4 aromatic rings. The summed E-state index contributed by atoms with van der Waals surface area (Å²) in [6, 6.07) is 3.44. The Morgan fingerprint density at radius 2 is 1.05 bits per heavy atom. The van der Waals surface area contributed by atoms with Crippen LogP contribution in [-0.4, -0.2) is 128 Å². The van der Waals surface area contributed by atoms with Crippen LogP contribution >= 0.6 is 0 Å². The number of ether oxygens (including phenoxy) is 5. The van der Waals surface area contributed by atoms with Crippen molar-refractivity contribution in [2.75, 3.05) is 6.61 Å². The summed E-state index contributed by atoms with van der Waals surface area (Å²) < 4.78 is 26.1. The molecule has 56 heavy (non-hydrogen) atoms. The van der Waals surface area contributed by atoms with Crippen LogP contribution in [0.1, 0.15) is 41.4 Å². The van der Waals surface area contributed by atoms with Gasteiger partial charge < -0.3 is 90.1 Å². The minimum atomic E-state index is -2.32. The second-order valence-electron chi connectivity index (χ2n) is 12.0. The van der Waals surface area contributed by atoms with E-state index in [9.17, 15) is 85.6 Å². The van der Waals surface area contributed by atoms with E-state index in [0.717, 1.165) is 0 Å². The first-order valence-electron chi connectivity index (χ1n) is 15.5. The lowest BCUT2D eigenvalue weighted by Crippen LogP contribution is -2.61. The highest BCUT2D eigenvalue weighted by atomic mass is 16.7. The summed E-state index contributed by atoms with van der Waals surface area (Å²) in [5.41, 5.74) is -5.43. The fourth-order valence-corrected chi connectivity index (χ4v) is 5.68. The highest BCUT2D eigenvalue weighted by Gasteiger charge is 2.50. The lowest BCUT2D eigenvalue weighted by atomic mass is 9.91. The summed E-state index contributed by atoms with van der Waals surface area (Å²) in [4.78, 5) is 53.4. The summed E-state index contributed by atoms with van der Waals surface area (Å²) in [6.07, 6.45) is -10.7. The molecule has 0 spiro atoms. The van der Waals surface area contributed by atoms with Gasteiger partial charge in [-0.3, -0.25) is 0 Å². The van der Waals surface area contributed by atoms with Gasteiger partial charge in [-0.1, -0.05) is 0 Å². The third kappa shape index (κ3) is 6.50. The number of phenols is 11. The molecule has 0 saturated carbocycles. The maximum Gasteiger partial charge on any atom is 0.344 e. The molecular formula is C34H26O22. The fraction of sp³-hybridized carbons (Fsp3) is 0.176. The molecule has 22 heteroatoms. The zero-order chi connectivity index (χ0) is 41.1. The van der Waals surface area contributed by atoms with E-state index in [1.165, 1.54) is 0 Å². The highest BCUT2D eigenvalue weighted by molar-refractivity contribution is 6.09. The normalized spacial score (nSPS) is 20.6. The van der Waals surface area contributed by atoms with Crippen LogP contribution in [0.4, 0.5) is 0 Å². The number of hydrogen-bond acceptors (Lipinski definition) is 22. The van der Waals surface area contributed by atoms with Crippen LogP contribution in [0.5, 0.6) is 69.0 Å². The number of cyclic esters (lactones) is 1. The van der Waals surface area contributed by atoms with Crippen LogP contribution < -0.4 is 4.74 Å². The Morgan fingerprint density at radius 3 is 1.62 bits per heavy atom. The van der Waals surface area contributed by atoms with Crippen molar-refractivity contribution in [1.82, 2.24) is 0 Å². The Hall–Kier alpha value is -7.56. The van der Waals surface area contributed by atoms with Gasteiger partial charge in [0, 0.05) is 11.1 Å². The molecule has 4 aromatic carbocycles. The van der Waals surface area contributed by atoms with E-state index in [-0.39, 0.29) is 0 Å². The van der Waals surface area contributed by atoms with Crippen molar-refractivity contribution in [3.05, 3.63) is 58.7 Å². The van der Waals surface area contributed by atoms with Crippen LogP contribution in [0.3, 0.4) is 0 Å². The van der Waals surface area contributed by atoms with E-state index in [2.05, 4.69) is 0 Å². The van der Waals surface area contributed by atoms with Crippen molar-refractivity contribution in [3.8, 4) is 80.1 Å². The molecule has 1 saturated heterocycles. The fourth-order valence-electron chi connectivity index (χ4n) is 5.68. The van der Waals surface area contributed by atoms with Gasteiger partial charge in [0.25, 0.3) is 0 Å². The Morgan fingerprint density at radius 1 is 0.571 bits per heavy atom. The second kappa shape index (κ2) is 14.0. The van der Waals surface area contributed by atoms with Crippen molar-refractivity contribution < 1.29 is 109 Å². The third-order valence-corrected chi connectivity index (χ3v) is 8.47. The summed E-state index contributed by atoms with van der Waals surface area (Å²) in [5.74, 6) is -20.1. The maximum absolute atomic E-state index is 13.9. The van der Waals surface area contributed by atoms with Crippen LogP contribution in [0.2, 0.25) is 0 Å². The van der Waals surface area contributed by atoms with Gasteiger partial charge in [0.15, 0.2) is 69.7 Å². The van der Waals surface area contributed by atoms with Crippen molar-refractivity contribution in [2.45, 2.75) is 30.7 Å².